The molecule has 0 fully saturated rings. The maximum atomic E-state index is 11.5. The zero-order chi connectivity index (χ0) is 12.1. The molecule has 17 heavy (non-hydrogen) atoms. The molecule has 1 unspecified atom stereocenters. The molecule has 0 heterocycles. The van der Waals surface area contributed by atoms with Gasteiger partial charge in [-0.15, -0.1) is 12.4 Å². The van der Waals surface area contributed by atoms with Crippen molar-refractivity contribution in [3.63, 3.8) is 0 Å². The lowest BCUT2D eigenvalue weighted by Gasteiger charge is -2.10. The average molecular weight is 342 g/mol. The van der Waals surface area contributed by atoms with E-state index in [0.29, 0.717) is 18.1 Å². The average Bonchev–Trinajstić information content (AvgIpc) is 2.26. The predicted molar refractivity (Wildman–Crippen MR) is 76.5 cm³/mol. The van der Waals surface area contributed by atoms with E-state index in [1.807, 2.05) is 12.1 Å². The van der Waals surface area contributed by atoms with Gasteiger partial charge in [-0.25, -0.2) is 0 Å². The van der Waals surface area contributed by atoms with Gasteiger partial charge in [-0.1, -0.05) is 40.5 Å². The van der Waals surface area contributed by atoms with Crippen molar-refractivity contribution >= 4 is 45.8 Å². The van der Waals surface area contributed by atoms with E-state index >= 15 is 0 Å². The van der Waals surface area contributed by atoms with Gasteiger partial charge in [-0.2, -0.15) is 0 Å². The number of benzene rings is 1. The van der Waals surface area contributed by atoms with Crippen LogP contribution in [0.5, 0.6) is 0 Å². The molecule has 0 aromatic heterocycles. The molecule has 96 valence electrons. The summed E-state index contributed by atoms with van der Waals surface area (Å²) in [7, 11) is 0. The van der Waals surface area contributed by atoms with Crippen LogP contribution in [0.25, 0.3) is 0 Å². The number of nitrogens with two attached hydrogens (primary N) is 1. The first kappa shape index (κ1) is 16.7. The Morgan fingerprint density at radius 3 is 2.76 bits per heavy atom. The van der Waals surface area contributed by atoms with E-state index in [2.05, 4.69) is 21.2 Å². The molecule has 0 aliphatic rings. The van der Waals surface area contributed by atoms with Crippen molar-refractivity contribution in [3.8, 4) is 0 Å². The number of rotatable bonds is 4. The number of nitrogens with one attached hydrogen (secondary N) is 1. The third-order valence-corrected chi connectivity index (χ3v) is 3.11. The van der Waals surface area contributed by atoms with Crippen LogP contribution in [0, 0.1) is 5.92 Å². The number of amides is 1. The first-order chi connectivity index (χ1) is 7.54. The molecule has 0 saturated heterocycles. The van der Waals surface area contributed by atoms with Gasteiger partial charge in [0, 0.05) is 28.5 Å². The molecule has 3 nitrogen and oxygen atoms in total. The standard InChI is InChI=1S/C11H14BrClN2O.ClH/c1-7(5-14)11(16)15-6-8-2-3-9(12)4-10(8)13;/h2-4,7H,5-6,14H2,1H3,(H,15,16);1H. The van der Waals surface area contributed by atoms with Crippen LogP contribution >= 0.6 is 39.9 Å². The molecule has 1 rings (SSSR count). The lowest BCUT2D eigenvalue weighted by molar-refractivity contribution is -0.124. The molecular formula is C11H15BrCl2N2O. The third kappa shape index (κ3) is 5.25. The number of carbonyl (C=O) groups excluding carboxylic acids is 1. The van der Waals surface area contributed by atoms with Crippen molar-refractivity contribution in [3.05, 3.63) is 33.3 Å². The Morgan fingerprint density at radius 1 is 1.59 bits per heavy atom. The van der Waals surface area contributed by atoms with Crippen molar-refractivity contribution in [2.45, 2.75) is 13.5 Å². The highest BCUT2D eigenvalue weighted by atomic mass is 79.9. The fraction of sp³-hybridized carbons (Fsp3) is 0.364. The van der Waals surface area contributed by atoms with E-state index < -0.39 is 0 Å². The van der Waals surface area contributed by atoms with Crippen LogP contribution in [-0.4, -0.2) is 12.5 Å². The molecule has 1 aromatic carbocycles. The molecule has 0 aliphatic heterocycles. The molecule has 1 aromatic rings. The van der Waals surface area contributed by atoms with Crippen LogP contribution in [0.3, 0.4) is 0 Å². The summed E-state index contributed by atoms with van der Waals surface area (Å²) in [5.41, 5.74) is 6.29. The lowest BCUT2D eigenvalue weighted by Crippen LogP contribution is -2.32. The smallest absolute Gasteiger partial charge is 0.224 e. The van der Waals surface area contributed by atoms with Gasteiger partial charge in [0.05, 0.1) is 0 Å². The van der Waals surface area contributed by atoms with Gasteiger partial charge in [0.25, 0.3) is 0 Å². The molecule has 0 spiro atoms. The molecule has 3 N–H and O–H groups in total. The van der Waals surface area contributed by atoms with Crippen LogP contribution < -0.4 is 11.1 Å². The monoisotopic (exact) mass is 340 g/mol. The second-order valence-electron chi connectivity index (χ2n) is 3.59. The molecule has 0 radical (unpaired) electrons. The number of halogens is 3. The SMILES string of the molecule is CC(CN)C(=O)NCc1ccc(Br)cc1Cl.Cl. The van der Waals surface area contributed by atoms with Crippen molar-refractivity contribution in [1.82, 2.24) is 5.32 Å². The number of hydrogen-bond donors (Lipinski definition) is 2. The van der Waals surface area contributed by atoms with Crippen LogP contribution in [0.15, 0.2) is 22.7 Å². The highest BCUT2D eigenvalue weighted by Crippen LogP contribution is 2.21. The summed E-state index contributed by atoms with van der Waals surface area (Å²) in [6, 6.07) is 5.56. The number of hydrogen-bond acceptors (Lipinski definition) is 2. The molecule has 6 heteroatoms. The molecule has 1 amide bonds. The topological polar surface area (TPSA) is 55.1 Å². The van der Waals surface area contributed by atoms with Crippen molar-refractivity contribution < 1.29 is 4.79 Å². The first-order valence-electron chi connectivity index (χ1n) is 4.96. The fourth-order valence-corrected chi connectivity index (χ4v) is 1.87. The summed E-state index contributed by atoms with van der Waals surface area (Å²) in [5, 5.41) is 3.43. The maximum Gasteiger partial charge on any atom is 0.224 e. The molecule has 0 saturated carbocycles. The van der Waals surface area contributed by atoms with Gasteiger partial charge in [0.2, 0.25) is 5.91 Å². The highest BCUT2D eigenvalue weighted by Gasteiger charge is 2.10. The number of carbonyl (C=O) groups is 1. The lowest BCUT2D eigenvalue weighted by atomic mass is 10.1. The summed E-state index contributed by atoms with van der Waals surface area (Å²) >= 11 is 9.34. The van der Waals surface area contributed by atoms with E-state index in [1.165, 1.54) is 0 Å². The van der Waals surface area contributed by atoms with Crippen LogP contribution in [0.4, 0.5) is 0 Å². The Bertz CT molecular complexity index is 388. The summed E-state index contributed by atoms with van der Waals surface area (Å²) in [6.07, 6.45) is 0. The van der Waals surface area contributed by atoms with E-state index in [-0.39, 0.29) is 24.2 Å². The van der Waals surface area contributed by atoms with E-state index in [1.54, 1.807) is 13.0 Å². The Kier molecular flexibility index (Phi) is 7.79. The normalized spacial score (nSPS) is 11.5. The van der Waals surface area contributed by atoms with Crippen molar-refractivity contribution in [2.24, 2.45) is 11.7 Å². The molecule has 1 atom stereocenters. The molecular weight excluding hydrogens is 327 g/mol. The van der Waals surface area contributed by atoms with Gasteiger partial charge in [-0.3, -0.25) is 4.79 Å². The fourth-order valence-electron chi connectivity index (χ4n) is 1.13. The molecule has 0 bridgehead atoms. The maximum absolute atomic E-state index is 11.5. The van der Waals surface area contributed by atoms with E-state index in [4.69, 9.17) is 17.3 Å². The predicted octanol–water partition coefficient (Wildman–Crippen LogP) is 2.74. The minimum absolute atomic E-state index is 0. The Hall–Kier alpha value is -0.290. The van der Waals surface area contributed by atoms with Crippen LogP contribution in [0.1, 0.15) is 12.5 Å². The second kappa shape index (κ2) is 7.93. The Balaban J connectivity index is 0.00000256. The summed E-state index contributed by atoms with van der Waals surface area (Å²) in [4.78, 5) is 11.5. The Labute approximate surface area is 121 Å². The zero-order valence-corrected chi connectivity index (χ0v) is 12.5. The van der Waals surface area contributed by atoms with Gasteiger partial charge >= 0.3 is 0 Å². The minimum Gasteiger partial charge on any atom is -0.352 e. The third-order valence-electron chi connectivity index (χ3n) is 2.27. The van der Waals surface area contributed by atoms with Crippen molar-refractivity contribution in [1.29, 1.82) is 0 Å². The van der Waals surface area contributed by atoms with Gasteiger partial charge in [0.1, 0.15) is 0 Å². The van der Waals surface area contributed by atoms with Crippen molar-refractivity contribution in [2.75, 3.05) is 6.54 Å². The summed E-state index contributed by atoms with van der Waals surface area (Å²) < 4.78 is 0.919. The minimum atomic E-state index is -0.172. The highest BCUT2D eigenvalue weighted by molar-refractivity contribution is 9.10. The molecule has 0 aliphatic carbocycles. The van der Waals surface area contributed by atoms with Gasteiger partial charge in [-0.05, 0) is 17.7 Å². The van der Waals surface area contributed by atoms with Crippen LogP contribution in [0.2, 0.25) is 5.02 Å². The summed E-state index contributed by atoms with van der Waals surface area (Å²) in [6.45, 7) is 2.56. The van der Waals surface area contributed by atoms with E-state index in [9.17, 15) is 4.79 Å². The summed E-state index contributed by atoms with van der Waals surface area (Å²) in [5.74, 6) is -0.226. The van der Waals surface area contributed by atoms with E-state index in [0.717, 1.165) is 10.0 Å². The first-order valence-corrected chi connectivity index (χ1v) is 6.13. The van der Waals surface area contributed by atoms with Gasteiger partial charge < -0.3 is 11.1 Å². The van der Waals surface area contributed by atoms with Crippen LogP contribution in [-0.2, 0) is 11.3 Å². The zero-order valence-electron chi connectivity index (χ0n) is 9.37. The quantitative estimate of drug-likeness (QED) is 0.884. The van der Waals surface area contributed by atoms with Gasteiger partial charge in [0.15, 0.2) is 0 Å². The Morgan fingerprint density at radius 2 is 2.24 bits per heavy atom. The largest absolute Gasteiger partial charge is 0.352 e. The second-order valence-corrected chi connectivity index (χ2v) is 4.91.